The minimum absolute atomic E-state index is 0.0545. The van der Waals surface area contributed by atoms with Crippen LogP contribution >= 0.6 is 11.6 Å². The molecule has 0 saturated heterocycles. The minimum atomic E-state index is -1.58. The Hall–Kier alpha value is -2.54. The molecule has 1 aromatic rings. The average Bonchev–Trinajstić information content (AvgIpc) is 2.58. The predicted molar refractivity (Wildman–Crippen MR) is 91.6 cm³/mol. The largest absolute Gasteiger partial charge is 0.449 e. The fourth-order valence-electron chi connectivity index (χ4n) is 2.63. The van der Waals surface area contributed by atoms with Crippen LogP contribution in [0.15, 0.2) is 29.3 Å². The normalized spacial score (nSPS) is 18.7. The first-order valence-electron chi connectivity index (χ1n) is 7.78. The van der Waals surface area contributed by atoms with Gasteiger partial charge in [0.25, 0.3) is 0 Å². The maximum atomic E-state index is 12.9. The van der Waals surface area contributed by atoms with Gasteiger partial charge in [0.15, 0.2) is 5.54 Å². The Balaban J connectivity index is 2.56. The third kappa shape index (κ3) is 3.46. The van der Waals surface area contributed by atoms with E-state index in [0.29, 0.717) is 11.1 Å². The van der Waals surface area contributed by atoms with Crippen molar-refractivity contribution in [2.24, 2.45) is 0 Å². The number of ketones is 1. The molecular weight excluding hydrogens is 348 g/mol. The van der Waals surface area contributed by atoms with E-state index in [1.54, 1.807) is 38.1 Å². The molecule has 1 aromatic carbocycles. The van der Waals surface area contributed by atoms with Gasteiger partial charge in [-0.1, -0.05) is 35.9 Å². The van der Waals surface area contributed by atoms with Gasteiger partial charge in [0.2, 0.25) is 5.78 Å². The fourth-order valence-corrected chi connectivity index (χ4v) is 2.93. The third-order valence-corrected chi connectivity index (χ3v) is 4.08. The van der Waals surface area contributed by atoms with Crippen molar-refractivity contribution in [1.82, 2.24) is 10.4 Å². The fraction of sp³-hybridized carbons (Fsp3) is 0.353. The van der Waals surface area contributed by atoms with E-state index in [9.17, 15) is 14.4 Å². The molecule has 134 valence electrons. The smallest absolute Gasteiger partial charge is 0.430 e. The molecule has 0 heterocycles. The number of benzene rings is 1. The Bertz CT molecular complexity index is 734. The van der Waals surface area contributed by atoms with Crippen LogP contribution in [0.1, 0.15) is 31.9 Å². The Kier molecular flexibility index (Phi) is 5.69. The van der Waals surface area contributed by atoms with Crippen LogP contribution in [0.2, 0.25) is 0 Å². The number of rotatable bonds is 3. The summed E-state index contributed by atoms with van der Waals surface area (Å²) in [5, 5.41) is 0.770. The van der Waals surface area contributed by atoms with Crippen LogP contribution in [0.5, 0.6) is 0 Å². The van der Waals surface area contributed by atoms with Crippen molar-refractivity contribution in [2.75, 3.05) is 13.2 Å². The lowest BCUT2D eigenvalue weighted by Gasteiger charge is -2.40. The van der Waals surface area contributed by atoms with E-state index in [4.69, 9.17) is 21.1 Å². The molecular formula is C17H19ClN2O5. The zero-order chi connectivity index (χ0) is 18.6. The first-order valence-corrected chi connectivity index (χ1v) is 8.15. The number of Topliss-reactive ketones (excluding diaryl/α,β-unsaturated/α-hetero) is 1. The second kappa shape index (κ2) is 7.57. The lowest BCUT2D eigenvalue weighted by molar-refractivity contribution is -0.127. The summed E-state index contributed by atoms with van der Waals surface area (Å²) in [7, 11) is 0. The monoisotopic (exact) mass is 366 g/mol. The van der Waals surface area contributed by atoms with Gasteiger partial charge in [0, 0.05) is 0 Å². The molecule has 0 fully saturated rings. The molecule has 0 spiro atoms. The summed E-state index contributed by atoms with van der Waals surface area (Å²) in [5.41, 5.74) is 1.88. The van der Waals surface area contributed by atoms with Crippen LogP contribution in [-0.2, 0) is 19.8 Å². The number of halogens is 1. The van der Waals surface area contributed by atoms with E-state index in [1.165, 1.54) is 13.0 Å². The van der Waals surface area contributed by atoms with Crippen molar-refractivity contribution >= 4 is 35.6 Å². The van der Waals surface area contributed by atoms with Crippen LogP contribution in [0.25, 0.3) is 6.08 Å². The Morgan fingerprint density at radius 3 is 2.48 bits per heavy atom. The maximum absolute atomic E-state index is 12.9. The van der Waals surface area contributed by atoms with E-state index in [2.05, 4.69) is 5.43 Å². The Morgan fingerprint density at radius 2 is 1.84 bits per heavy atom. The van der Waals surface area contributed by atoms with Crippen molar-refractivity contribution < 1.29 is 23.9 Å². The van der Waals surface area contributed by atoms with Crippen molar-refractivity contribution in [1.29, 1.82) is 0 Å². The number of ether oxygens (including phenoxy) is 2. The zero-order valence-electron chi connectivity index (χ0n) is 14.2. The van der Waals surface area contributed by atoms with E-state index < -0.39 is 23.5 Å². The van der Waals surface area contributed by atoms with Gasteiger partial charge in [0.05, 0.1) is 18.2 Å². The highest BCUT2D eigenvalue weighted by Crippen LogP contribution is 2.39. The molecule has 1 aliphatic carbocycles. The van der Waals surface area contributed by atoms with E-state index in [1.807, 2.05) is 0 Å². The number of nitrogens with zero attached hydrogens (tertiary/aromatic N) is 1. The first kappa shape index (κ1) is 18.8. The lowest BCUT2D eigenvalue weighted by Crippen LogP contribution is -2.61. The van der Waals surface area contributed by atoms with Crippen molar-refractivity contribution in [2.45, 2.75) is 26.3 Å². The first-order chi connectivity index (χ1) is 11.9. The Labute approximate surface area is 150 Å². The number of hydrogen-bond acceptors (Lipinski definition) is 5. The summed E-state index contributed by atoms with van der Waals surface area (Å²) >= 11 is 6.09. The van der Waals surface area contributed by atoms with Gasteiger partial charge in [-0.3, -0.25) is 4.79 Å². The molecule has 25 heavy (non-hydrogen) atoms. The van der Waals surface area contributed by atoms with Crippen LogP contribution in [0, 0.1) is 0 Å². The molecule has 1 N–H and O–H groups in total. The highest BCUT2D eigenvalue weighted by atomic mass is 35.5. The summed E-state index contributed by atoms with van der Waals surface area (Å²) in [4.78, 5) is 37.2. The molecule has 1 unspecified atom stereocenters. The van der Waals surface area contributed by atoms with Crippen LogP contribution in [0.3, 0.4) is 0 Å². The molecule has 0 saturated carbocycles. The molecule has 0 aliphatic heterocycles. The topological polar surface area (TPSA) is 84.9 Å². The molecule has 2 rings (SSSR count). The summed E-state index contributed by atoms with van der Waals surface area (Å²) < 4.78 is 9.83. The quantitative estimate of drug-likeness (QED) is 0.830. The molecule has 0 bridgehead atoms. The summed E-state index contributed by atoms with van der Waals surface area (Å²) in [6.45, 7) is 4.90. The molecule has 0 radical (unpaired) electrons. The van der Waals surface area contributed by atoms with Gasteiger partial charge in [-0.15, -0.1) is 0 Å². The standard InChI is InChI=1S/C17H19ClN2O5/c1-4-24-15(22)19-20(16(23)25-5-2)17(3)12-9-7-6-8-11(12)10-13(18)14(17)21/h6-10H,4-5H2,1-3H3,(H,19,22). The van der Waals surface area contributed by atoms with Crippen molar-refractivity contribution in [3.63, 3.8) is 0 Å². The van der Waals surface area contributed by atoms with E-state index in [-0.39, 0.29) is 18.2 Å². The molecule has 8 heteroatoms. The number of hydrazine groups is 1. The maximum Gasteiger partial charge on any atom is 0.430 e. The number of nitrogens with one attached hydrogen (secondary N) is 1. The number of carbonyl (C=O) groups is 3. The SMILES string of the molecule is CCOC(=O)NN(C(=O)OCC)C1(C)C(=O)C(Cl)=Cc2ccccc21. The zero-order valence-corrected chi connectivity index (χ0v) is 14.9. The highest BCUT2D eigenvalue weighted by Gasteiger charge is 2.49. The Morgan fingerprint density at radius 1 is 1.20 bits per heavy atom. The summed E-state index contributed by atoms with van der Waals surface area (Å²) in [6.07, 6.45) is -0.255. The van der Waals surface area contributed by atoms with Gasteiger partial charge < -0.3 is 9.47 Å². The molecule has 7 nitrogen and oxygen atoms in total. The number of amides is 2. The number of hydrogen-bond donors (Lipinski definition) is 1. The van der Waals surface area contributed by atoms with Gasteiger partial charge in [0.1, 0.15) is 0 Å². The third-order valence-electron chi connectivity index (χ3n) is 3.80. The number of fused-ring (bicyclic) bond motifs is 1. The molecule has 1 atom stereocenters. The van der Waals surface area contributed by atoms with Gasteiger partial charge in [-0.25, -0.2) is 15.0 Å². The van der Waals surface area contributed by atoms with Gasteiger partial charge in [-0.05, 0) is 38.0 Å². The van der Waals surface area contributed by atoms with Crippen molar-refractivity contribution in [3.8, 4) is 0 Å². The van der Waals surface area contributed by atoms with Gasteiger partial charge >= 0.3 is 12.2 Å². The molecule has 2 amide bonds. The average molecular weight is 367 g/mol. The highest BCUT2D eigenvalue weighted by molar-refractivity contribution is 6.46. The van der Waals surface area contributed by atoms with Crippen LogP contribution in [-0.4, -0.2) is 36.2 Å². The van der Waals surface area contributed by atoms with E-state index >= 15 is 0 Å². The number of carbonyl (C=O) groups excluding carboxylic acids is 3. The second-order valence-corrected chi connectivity index (χ2v) is 5.75. The van der Waals surface area contributed by atoms with Crippen molar-refractivity contribution in [3.05, 3.63) is 40.4 Å². The predicted octanol–water partition coefficient (Wildman–Crippen LogP) is 3.18. The summed E-state index contributed by atoms with van der Waals surface area (Å²) in [6, 6.07) is 6.95. The lowest BCUT2D eigenvalue weighted by atomic mass is 9.80. The van der Waals surface area contributed by atoms with Crippen LogP contribution < -0.4 is 5.43 Å². The van der Waals surface area contributed by atoms with Gasteiger partial charge in [-0.2, -0.15) is 5.01 Å². The molecule has 1 aliphatic rings. The van der Waals surface area contributed by atoms with E-state index in [0.717, 1.165) is 5.01 Å². The summed E-state index contributed by atoms with van der Waals surface area (Å²) in [5.74, 6) is -0.544. The van der Waals surface area contributed by atoms with Crippen LogP contribution in [0.4, 0.5) is 9.59 Å². The minimum Gasteiger partial charge on any atom is -0.449 e. The molecule has 0 aromatic heterocycles. The second-order valence-electron chi connectivity index (χ2n) is 5.35.